The maximum absolute atomic E-state index is 11.4. The van der Waals surface area contributed by atoms with Crippen molar-refractivity contribution >= 4 is 27.9 Å². The molecule has 92 valence electrons. The molecule has 0 aliphatic heterocycles. The summed E-state index contributed by atoms with van der Waals surface area (Å²) in [5, 5.41) is 0. The number of benzene rings is 1. The van der Waals surface area contributed by atoms with Gasteiger partial charge in [0.25, 0.3) is 0 Å². The van der Waals surface area contributed by atoms with E-state index in [-0.39, 0.29) is 0 Å². The third kappa shape index (κ3) is 3.85. The molecule has 0 radical (unpaired) electrons. The van der Waals surface area contributed by atoms with Crippen LogP contribution in [0.4, 0.5) is 0 Å². The molecule has 1 aromatic rings. The van der Waals surface area contributed by atoms with Gasteiger partial charge in [0.1, 0.15) is 6.10 Å². The van der Waals surface area contributed by atoms with E-state index in [1.807, 2.05) is 18.2 Å². The van der Waals surface area contributed by atoms with E-state index in [9.17, 15) is 9.59 Å². The largest absolute Gasteiger partial charge is 0.468 e. The molecule has 0 aromatic heterocycles. The summed E-state index contributed by atoms with van der Waals surface area (Å²) in [5.41, 5.74) is 0.731. The van der Waals surface area contributed by atoms with Crippen LogP contribution in [0, 0.1) is 0 Å². The predicted molar refractivity (Wildman–Crippen MR) is 65.7 cm³/mol. The molecule has 0 spiro atoms. The second kappa shape index (κ2) is 6.39. The van der Waals surface area contributed by atoms with Crippen LogP contribution >= 0.6 is 15.9 Å². The van der Waals surface area contributed by atoms with Gasteiger partial charge in [0.05, 0.1) is 7.11 Å². The lowest BCUT2D eigenvalue weighted by atomic mass is 10.1. The summed E-state index contributed by atoms with van der Waals surface area (Å²) in [6, 6.07) is 9.02. The van der Waals surface area contributed by atoms with Crippen molar-refractivity contribution in [3.05, 3.63) is 35.9 Å². The van der Waals surface area contributed by atoms with Gasteiger partial charge in [0.15, 0.2) is 4.83 Å². The Morgan fingerprint density at radius 2 is 1.82 bits per heavy atom. The van der Waals surface area contributed by atoms with Gasteiger partial charge in [-0.3, -0.25) is 9.59 Å². The average molecular weight is 301 g/mol. The molecule has 0 saturated carbocycles. The topological polar surface area (TPSA) is 52.6 Å². The molecule has 0 N–H and O–H groups in total. The highest BCUT2D eigenvalue weighted by molar-refractivity contribution is 9.10. The Hall–Kier alpha value is -1.36. The van der Waals surface area contributed by atoms with E-state index in [0.717, 1.165) is 5.56 Å². The molecule has 0 saturated heterocycles. The summed E-state index contributed by atoms with van der Waals surface area (Å²) in [6.07, 6.45) is -0.693. The van der Waals surface area contributed by atoms with E-state index >= 15 is 0 Å². The zero-order chi connectivity index (χ0) is 12.8. The fourth-order valence-corrected chi connectivity index (χ4v) is 1.95. The van der Waals surface area contributed by atoms with Crippen molar-refractivity contribution in [3.63, 3.8) is 0 Å². The number of esters is 2. The third-order valence-corrected chi connectivity index (χ3v) is 2.97. The van der Waals surface area contributed by atoms with Crippen LogP contribution in [-0.4, -0.2) is 23.9 Å². The Kier molecular flexibility index (Phi) is 5.15. The molecule has 1 rings (SSSR count). The van der Waals surface area contributed by atoms with Crippen molar-refractivity contribution < 1.29 is 19.1 Å². The summed E-state index contributed by atoms with van der Waals surface area (Å²) in [5.74, 6) is -0.938. The van der Waals surface area contributed by atoms with Gasteiger partial charge in [-0.2, -0.15) is 0 Å². The number of hydrogen-bond donors (Lipinski definition) is 0. The van der Waals surface area contributed by atoms with E-state index in [0.29, 0.717) is 0 Å². The maximum Gasteiger partial charge on any atom is 0.323 e. The summed E-state index contributed by atoms with van der Waals surface area (Å²) in [6.45, 7) is 1.30. The van der Waals surface area contributed by atoms with Gasteiger partial charge in [0.2, 0.25) is 0 Å². The predicted octanol–water partition coefficient (Wildman–Crippen LogP) is 2.23. The number of rotatable bonds is 4. The first-order valence-electron chi connectivity index (χ1n) is 5.00. The SMILES string of the molecule is COC(=O)[C@H](Br)[C@H](OC(C)=O)c1ccccc1. The molecule has 0 fully saturated rings. The van der Waals surface area contributed by atoms with Crippen LogP contribution in [0.15, 0.2) is 30.3 Å². The van der Waals surface area contributed by atoms with Crippen LogP contribution in [0.2, 0.25) is 0 Å². The first kappa shape index (κ1) is 13.7. The van der Waals surface area contributed by atoms with Gasteiger partial charge in [-0.05, 0) is 5.56 Å². The van der Waals surface area contributed by atoms with Crippen LogP contribution in [0.25, 0.3) is 0 Å². The highest BCUT2D eigenvalue weighted by Crippen LogP contribution is 2.27. The van der Waals surface area contributed by atoms with Gasteiger partial charge >= 0.3 is 11.9 Å². The Morgan fingerprint density at radius 3 is 2.29 bits per heavy atom. The molecular formula is C12H13BrO4. The van der Waals surface area contributed by atoms with Crippen LogP contribution in [0.1, 0.15) is 18.6 Å². The lowest BCUT2D eigenvalue weighted by Gasteiger charge is -2.20. The summed E-state index contributed by atoms with van der Waals surface area (Å²) in [7, 11) is 1.28. The van der Waals surface area contributed by atoms with E-state index in [1.165, 1.54) is 14.0 Å². The zero-order valence-corrected chi connectivity index (χ0v) is 11.1. The second-order valence-electron chi connectivity index (χ2n) is 3.37. The molecule has 17 heavy (non-hydrogen) atoms. The van der Waals surface area contributed by atoms with E-state index in [2.05, 4.69) is 20.7 Å². The summed E-state index contributed by atoms with van der Waals surface area (Å²) < 4.78 is 9.75. The Labute approximate surface area is 108 Å². The van der Waals surface area contributed by atoms with Gasteiger partial charge < -0.3 is 9.47 Å². The molecule has 0 heterocycles. The molecule has 5 heteroatoms. The van der Waals surface area contributed by atoms with Crippen molar-refractivity contribution in [2.75, 3.05) is 7.11 Å². The third-order valence-electron chi connectivity index (χ3n) is 2.11. The number of ether oxygens (including phenoxy) is 2. The van der Waals surface area contributed by atoms with Crippen molar-refractivity contribution in [1.29, 1.82) is 0 Å². The van der Waals surface area contributed by atoms with Gasteiger partial charge in [-0.15, -0.1) is 0 Å². The van der Waals surface area contributed by atoms with Crippen LogP contribution in [0.5, 0.6) is 0 Å². The van der Waals surface area contributed by atoms with Crippen LogP contribution in [0.3, 0.4) is 0 Å². The summed E-state index contributed by atoms with van der Waals surface area (Å²) in [4.78, 5) is 21.8. The summed E-state index contributed by atoms with van der Waals surface area (Å²) >= 11 is 3.18. The smallest absolute Gasteiger partial charge is 0.323 e. The van der Waals surface area contributed by atoms with E-state index < -0.39 is 22.9 Å². The minimum absolute atomic E-state index is 0.452. The number of methoxy groups -OCH3 is 1. The molecule has 2 atom stereocenters. The fourth-order valence-electron chi connectivity index (χ4n) is 1.35. The lowest BCUT2D eigenvalue weighted by Crippen LogP contribution is -2.27. The van der Waals surface area contributed by atoms with Gasteiger partial charge in [-0.25, -0.2) is 0 Å². The quantitative estimate of drug-likeness (QED) is 0.632. The van der Waals surface area contributed by atoms with Crippen molar-refractivity contribution in [2.45, 2.75) is 17.9 Å². The zero-order valence-electron chi connectivity index (χ0n) is 9.55. The average Bonchev–Trinajstić information content (AvgIpc) is 2.35. The minimum atomic E-state index is -0.723. The molecule has 0 amide bonds. The monoisotopic (exact) mass is 300 g/mol. The number of carbonyl (C=O) groups is 2. The van der Waals surface area contributed by atoms with E-state index in [1.54, 1.807) is 12.1 Å². The molecule has 0 unspecified atom stereocenters. The van der Waals surface area contributed by atoms with Crippen molar-refractivity contribution in [1.82, 2.24) is 0 Å². The van der Waals surface area contributed by atoms with Gasteiger partial charge in [0, 0.05) is 6.92 Å². The Balaban J connectivity index is 2.95. The number of halogens is 1. The molecular weight excluding hydrogens is 288 g/mol. The normalized spacial score (nSPS) is 13.6. The number of carbonyl (C=O) groups excluding carboxylic acids is 2. The second-order valence-corrected chi connectivity index (χ2v) is 4.35. The molecule has 0 aliphatic rings. The molecule has 0 aliphatic carbocycles. The molecule has 0 bridgehead atoms. The van der Waals surface area contributed by atoms with Crippen LogP contribution in [-0.2, 0) is 19.1 Å². The van der Waals surface area contributed by atoms with Crippen LogP contribution < -0.4 is 0 Å². The highest BCUT2D eigenvalue weighted by Gasteiger charge is 2.30. The lowest BCUT2D eigenvalue weighted by molar-refractivity contribution is -0.151. The first-order chi connectivity index (χ1) is 8.06. The highest BCUT2D eigenvalue weighted by atomic mass is 79.9. The van der Waals surface area contributed by atoms with E-state index in [4.69, 9.17) is 4.74 Å². The number of alkyl halides is 1. The maximum atomic E-state index is 11.4. The minimum Gasteiger partial charge on any atom is -0.468 e. The van der Waals surface area contributed by atoms with Crippen molar-refractivity contribution in [3.8, 4) is 0 Å². The molecule has 4 nitrogen and oxygen atoms in total. The first-order valence-corrected chi connectivity index (χ1v) is 5.92. The fraction of sp³-hybridized carbons (Fsp3) is 0.333. The van der Waals surface area contributed by atoms with Gasteiger partial charge in [-0.1, -0.05) is 46.3 Å². The Morgan fingerprint density at radius 1 is 1.24 bits per heavy atom. The van der Waals surface area contributed by atoms with Crippen molar-refractivity contribution in [2.24, 2.45) is 0 Å². The standard InChI is InChI=1S/C12H13BrO4/c1-8(14)17-11(10(13)12(15)16-2)9-6-4-3-5-7-9/h3-7,10-11H,1-2H3/t10-,11-/m1/s1. The molecule has 1 aromatic carbocycles. The Bertz CT molecular complexity index is 391. The number of hydrogen-bond acceptors (Lipinski definition) is 4.